The molecule has 0 saturated carbocycles. The van der Waals surface area contributed by atoms with Crippen LogP contribution in [0.25, 0.3) is 11.5 Å². The zero-order chi connectivity index (χ0) is 13.4. The first kappa shape index (κ1) is 12.2. The summed E-state index contributed by atoms with van der Waals surface area (Å²) in [6, 6.07) is 6.40. The molecule has 2 saturated heterocycles. The third kappa shape index (κ3) is 2.17. The largest absolute Gasteiger partial charge is 0.461 e. The normalized spacial score (nSPS) is 26.8. The summed E-state index contributed by atoms with van der Waals surface area (Å²) in [6.07, 6.45) is 4.29. The van der Waals surface area contributed by atoms with Gasteiger partial charge in [0.1, 0.15) is 0 Å². The van der Waals surface area contributed by atoms with Crippen LogP contribution in [0.2, 0.25) is 0 Å². The average Bonchev–Trinajstić information content (AvgIpc) is 3.20. The number of fused-ring (bicyclic) bond motifs is 1. The number of aromatic nitrogens is 1. The molecule has 2 fully saturated rings. The van der Waals surface area contributed by atoms with Crippen molar-refractivity contribution < 1.29 is 8.94 Å². The molecule has 2 aromatic rings. The van der Waals surface area contributed by atoms with E-state index in [2.05, 4.69) is 15.4 Å². The van der Waals surface area contributed by atoms with Crippen molar-refractivity contribution >= 4 is 0 Å². The zero-order valence-corrected chi connectivity index (χ0v) is 11.4. The molecule has 4 heterocycles. The second kappa shape index (κ2) is 5.07. The van der Waals surface area contributed by atoms with Crippen molar-refractivity contribution in [1.29, 1.82) is 0 Å². The SMILES string of the molecule is c1coc(-c2cc(CN3CCCC4CNCC43)no2)c1. The second-order valence-electron chi connectivity index (χ2n) is 5.76. The van der Waals surface area contributed by atoms with Crippen LogP contribution >= 0.6 is 0 Å². The standard InChI is InChI=1S/C15H19N3O2/c1-3-11-8-16-9-13(11)18(5-1)10-12-7-15(20-17-12)14-4-2-6-19-14/h2,4,6-7,11,13,16H,1,3,5,8-10H2. The number of rotatable bonds is 3. The Morgan fingerprint density at radius 1 is 1.35 bits per heavy atom. The van der Waals surface area contributed by atoms with Gasteiger partial charge in [0.15, 0.2) is 5.76 Å². The van der Waals surface area contributed by atoms with Gasteiger partial charge in [0.25, 0.3) is 0 Å². The molecule has 5 heteroatoms. The van der Waals surface area contributed by atoms with Gasteiger partial charge in [-0.2, -0.15) is 0 Å². The minimum atomic E-state index is 0.660. The Kier molecular flexibility index (Phi) is 3.09. The van der Waals surface area contributed by atoms with Crippen LogP contribution in [0.3, 0.4) is 0 Å². The zero-order valence-electron chi connectivity index (χ0n) is 11.4. The maximum atomic E-state index is 5.38. The third-order valence-corrected chi connectivity index (χ3v) is 4.48. The molecular formula is C15H19N3O2. The molecular weight excluding hydrogens is 254 g/mol. The topological polar surface area (TPSA) is 54.4 Å². The first-order valence-corrected chi connectivity index (χ1v) is 7.34. The first-order chi connectivity index (χ1) is 9.90. The molecule has 0 bridgehead atoms. The van der Waals surface area contributed by atoms with E-state index < -0.39 is 0 Å². The molecule has 106 valence electrons. The average molecular weight is 273 g/mol. The maximum absolute atomic E-state index is 5.38. The van der Waals surface area contributed by atoms with Crippen LogP contribution < -0.4 is 5.32 Å². The van der Waals surface area contributed by atoms with E-state index in [1.54, 1.807) is 6.26 Å². The van der Waals surface area contributed by atoms with Crippen molar-refractivity contribution in [3.63, 3.8) is 0 Å². The fraction of sp³-hybridized carbons (Fsp3) is 0.533. The monoisotopic (exact) mass is 273 g/mol. The van der Waals surface area contributed by atoms with E-state index in [-0.39, 0.29) is 0 Å². The quantitative estimate of drug-likeness (QED) is 0.928. The number of nitrogens with one attached hydrogen (secondary N) is 1. The Morgan fingerprint density at radius 2 is 2.35 bits per heavy atom. The minimum absolute atomic E-state index is 0.660. The van der Waals surface area contributed by atoms with Crippen molar-refractivity contribution in [3.05, 3.63) is 30.2 Å². The number of furan rings is 1. The summed E-state index contributed by atoms with van der Waals surface area (Å²) in [4.78, 5) is 2.54. The van der Waals surface area contributed by atoms with Crippen molar-refractivity contribution in [2.24, 2.45) is 5.92 Å². The highest BCUT2D eigenvalue weighted by Crippen LogP contribution is 2.28. The lowest BCUT2D eigenvalue weighted by Crippen LogP contribution is -2.44. The molecule has 0 aliphatic carbocycles. The van der Waals surface area contributed by atoms with Crippen LogP contribution in [-0.4, -0.2) is 35.7 Å². The highest BCUT2D eigenvalue weighted by Gasteiger charge is 2.35. The first-order valence-electron chi connectivity index (χ1n) is 7.34. The molecule has 0 amide bonds. The van der Waals surface area contributed by atoms with E-state index in [1.165, 1.54) is 12.8 Å². The maximum Gasteiger partial charge on any atom is 0.202 e. The van der Waals surface area contributed by atoms with Crippen molar-refractivity contribution in [2.45, 2.75) is 25.4 Å². The number of nitrogens with zero attached hydrogens (tertiary/aromatic N) is 2. The van der Waals surface area contributed by atoms with Crippen LogP contribution in [0.1, 0.15) is 18.5 Å². The molecule has 1 N–H and O–H groups in total. The highest BCUT2D eigenvalue weighted by molar-refractivity contribution is 5.49. The van der Waals surface area contributed by atoms with Gasteiger partial charge in [-0.1, -0.05) is 5.16 Å². The third-order valence-electron chi connectivity index (χ3n) is 4.48. The molecule has 2 aliphatic rings. The summed E-state index contributed by atoms with van der Waals surface area (Å²) in [6.45, 7) is 4.30. The van der Waals surface area contributed by atoms with E-state index in [1.807, 2.05) is 18.2 Å². The van der Waals surface area contributed by atoms with Crippen molar-refractivity contribution in [2.75, 3.05) is 19.6 Å². The Morgan fingerprint density at radius 3 is 3.25 bits per heavy atom. The lowest BCUT2D eigenvalue weighted by atomic mass is 9.92. The Bertz CT molecular complexity index is 563. The molecule has 0 aromatic carbocycles. The molecule has 20 heavy (non-hydrogen) atoms. The van der Waals surface area contributed by atoms with E-state index in [4.69, 9.17) is 8.94 Å². The fourth-order valence-corrected chi connectivity index (χ4v) is 3.49. The molecule has 2 aliphatic heterocycles. The predicted octanol–water partition coefficient (Wildman–Crippen LogP) is 2.12. The van der Waals surface area contributed by atoms with Crippen LogP contribution in [0, 0.1) is 5.92 Å². The summed E-state index contributed by atoms with van der Waals surface area (Å²) in [5.74, 6) is 2.26. The van der Waals surface area contributed by atoms with Crippen LogP contribution in [0.4, 0.5) is 0 Å². The van der Waals surface area contributed by atoms with E-state index in [9.17, 15) is 0 Å². The Labute approximate surface area is 117 Å². The van der Waals surface area contributed by atoms with Gasteiger partial charge in [0, 0.05) is 25.2 Å². The van der Waals surface area contributed by atoms with E-state index in [0.29, 0.717) is 11.8 Å². The number of piperidine rings is 1. The smallest absolute Gasteiger partial charge is 0.202 e. The summed E-state index contributed by atoms with van der Waals surface area (Å²) in [5, 5.41) is 7.69. The van der Waals surface area contributed by atoms with Gasteiger partial charge >= 0.3 is 0 Å². The van der Waals surface area contributed by atoms with Gasteiger partial charge in [0.05, 0.1) is 12.0 Å². The molecule has 2 aromatic heterocycles. The lowest BCUT2D eigenvalue weighted by Gasteiger charge is -2.36. The van der Waals surface area contributed by atoms with Gasteiger partial charge in [-0.05, 0) is 44.0 Å². The van der Waals surface area contributed by atoms with Gasteiger partial charge in [-0.15, -0.1) is 0 Å². The molecule has 5 nitrogen and oxygen atoms in total. The summed E-state index contributed by atoms with van der Waals surface area (Å²) in [7, 11) is 0. The summed E-state index contributed by atoms with van der Waals surface area (Å²) < 4.78 is 10.7. The molecule has 2 atom stereocenters. The molecule has 4 rings (SSSR count). The number of likely N-dealkylation sites (tertiary alicyclic amines) is 1. The molecule has 0 radical (unpaired) electrons. The summed E-state index contributed by atoms with van der Waals surface area (Å²) >= 11 is 0. The molecule has 0 spiro atoms. The van der Waals surface area contributed by atoms with Gasteiger partial charge in [0.2, 0.25) is 5.76 Å². The summed E-state index contributed by atoms with van der Waals surface area (Å²) in [5.41, 5.74) is 0.990. The van der Waals surface area contributed by atoms with Gasteiger partial charge in [-0.3, -0.25) is 4.90 Å². The van der Waals surface area contributed by atoms with Crippen molar-refractivity contribution in [1.82, 2.24) is 15.4 Å². The van der Waals surface area contributed by atoms with Crippen LogP contribution in [0.15, 0.2) is 33.4 Å². The van der Waals surface area contributed by atoms with Crippen LogP contribution in [-0.2, 0) is 6.54 Å². The Hall–Kier alpha value is -1.59. The molecule has 2 unspecified atom stereocenters. The van der Waals surface area contributed by atoms with Crippen LogP contribution in [0.5, 0.6) is 0 Å². The fourth-order valence-electron chi connectivity index (χ4n) is 3.49. The Balaban J connectivity index is 1.48. The van der Waals surface area contributed by atoms with Gasteiger partial charge in [-0.25, -0.2) is 0 Å². The number of hydrogen-bond acceptors (Lipinski definition) is 5. The second-order valence-corrected chi connectivity index (χ2v) is 5.76. The minimum Gasteiger partial charge on any atom is -0.461 e. The van der Waals surface area contributed by atoms with Crippen molar-refractivity contribution in [3.8, 4) is 11.5 Å². The number of hydrogen-bond donors (Lipinski definition) is 1. The lowest BCUT2D eigenvalue weighted by molar-refractivity contribution is 0.115. The van der Waals surface area contributed by atoms with E-state index >= 15 is 0 Å². The predicted molar refractivity (Wildman–Crippen MR) is 74.0 cm³/mol. The highest BCUT2D eigenvalue weighted by atomic mass is 16.5. The van der Waals surface area contributed by atoms with Gasteiger partial charge < -0.3 is 14.3 Å². The van der Waals surface area contributed by atoms with E-state index in [0.717, 1.165) is 43.6 Å².